The lowest BCUT2D eigenvalue weighted by Gasteiger charge is -2.43. The summed E-state index contributed by atoms with van der Waals surface area (Å²) in [6.07, 6.45) is 1.31. The highest BCUT2D eigenvalue weighted by molar-refractivity contribution is 6.39. The van der Waals surface area contributed by atoms with Crippen molar-refractivity contribution in [2.24, 2.45) is 29.6 Å². The summed E-state index contributed by atoms with van der Waals surface area (Å²) < 4.78 is 12.1. The van der Waals surface area contributed by atoms with Crippen LogP contribution < -0.4 is 0 Å². The molecule has 15 unspecified atom stereocenters. The van der Waals surface area contributed by atoms with E-state index in [2.05, 4.69) is 0 Å². The summed E-state index contributed by atoms with van der Waals surface area (Å²) in [5.74, 6) is -7.51. The summed E-state index contributed by atoms with van der Waals surface area (Å²) in [7, 11) is 0. The second-order valence-electron chi connectivity index (χ2n) is 18.0. The van der Waals surface area contributed by atoms with Gasteiger partial charge in [-0.1, -0.05) is 59.8 Å². The lowest BCUT2D eigenvalue weighted by atomic mass is 9.83. The van der Waals surface area contributed by atoms with Gasteiger partial charge >= 0.3 is 5.97 Å². The predicted octanol–water partition coefficient (Wildman–Crippen LogP) is 4.27. The molecule has 2 fully saturated rings. The summed E-state index contributed by atoms with van der Waals surface area (Å²) in [5.41, 5.74) is 2.08. The third-order valence-corrected chi connectivity index (χ3v) is 13.0. The van der Waals surface area contributed by atoms with E-state index in [4.69, 9.17) is 9.47 Å². The largest absolute Gasteiger partial charge is 0.456 e. The number of aliphatic hydroxyl groups excluding tert-OH is 6. The highest BCUT2D eigenvalue weighted by atomic mass is 16.6. The number of hydrogen-bond acceptors (Lipinski definition) is 12. The monoisotopic (exact) mass is 822 g/mol. The highest BCUT2D eigenvalue weighted by Crippen LogP contribution is 2.37. The van der Waals surface area contributed by atoms with E-state index >= 15 is 0 Å². The number of ketones is 1. The van der Waals surface area contributed by atoms with Crippen LogP contribution in [0.2, 0.25) is 0 Å². The number of esters is 1. The first-order valence-electron chi connectivity index (χ1n) is 21.7. The van der Waals surface area contributed by atoms with Crippen molar-refractivity contribution in [1.29, 1.82) is 0 Å². The molecule has 1 amide bonds. The van der Waals surface area contributed by atoms with Gasteiger partial charge in [-0.05, 0) is 107 Å². The standard InChI is InChI=1S/C45H75NO12/c1-10-33-15-17-40(28(5)21-26(3)32(9)47)57-44(55)36-13-11-12-18-46(36)43(54)42(53)45(56)30(7)14-16-35(58-45)24-39(51)31(8)38(50)23-34(48)22-37(49)27(4)19-25(2)20-29(6)41(33)52/h15,19,21,25-26,29-32,34-41,47-52,56H,10-14,16-18,20,22-24H2,1-9H3/b27-19+,28-21+,33-15+. The smallest absolute Gasteiger partial charge is 0.329 e. The molecule has 13 heteroatoms. The van der Waals surface area contributed by atoms with Gasteiger partial charge in [0.25, 0.3) is 11.7 Å². The third kappa shape index (κ3) is 13.3. The molecular weight excluding hydrogens is 746 g/mol. The molecule has 15 atom stereocenters. The van der Waals surface area contributed by atoms with Gasteiger partial charge in [-0.15, -0.1) is 0 Å². The molecule has 0 spiro atoms. The Morgan fingerprint density at radius 2 is 1.60 bits per heavy atom. The van der Waals surface area contributed by atoms with Crippen molar-refractivity contribution in [2.75, 3.05) is 6.54 Å². The summed E-state index contributed by atoms with van der Waals surface area (Å²) >= 11 is 0. The predicted molar refractivity (Wildman–Crippen MR) is 220 cm³/mol. The van der Waals surface area contributed by atoms with E-state index in [0.717, 1.165) is 5.57 Å². The molecular formula is C45H75NO12. The number of amides is 1. The average Bonchev–Trinajstić information content (AvgIpc) is 3.17. The summed E-state index contributed by atoms with van der Waals surface area (Å²) in [4.78, 5) is 43.3. The van der Waals surface area contributed by atoms with E-state index in [0.29, 0.717) is 49.7 Å². The van der Waals surface area contributed by atoms with Crippen molar-refractivity contribution >= 4 is 17.7 Å². The van der Waals surface area contributed by atoms with Gasteiger partial charge in [0.1, 0.15) is 12.1 Å². The average molecular weight is 822 g/mol. The summed E-state index contributed by atoms with van der Waals surface area (Å²) in [6.45, 7) is 16.3. The second-order valence-corrected chi connectivity index (χ2v) is 18.0. The molecule has 13 nitrogen and oxygen atoms in total. The van der Waals surface area contributed by atoms with Crippen molar-refractivity contribution in [1.82, 2.24) is 4.90 Å². The molecule has 0 aromatic carbocycles. The Balaban J connectivity index is 2.04. The Bertz CT molecular complexity index is 1460. The first kappa shape index (κ1) is 49.9. The van der Waals surface area contributed by atoms with E-state index in [1.165, 1.54) is 4.90 Å². The van der Waals surface area contributed by atoms with Gasteiger partial charge in [0.05, 0.1) is 42.7 Å². The van der Waals surface area contributed by atoms with Gasteiger partial charge < -0.3 is 50.1 Å². The number of fused-ring (bicyclic) bond motifs is 3. The number of piperidine rings is 1. The number of ether oxygens (including phenoxy) is 2. The molecule has 0 saturated carbocycles. The highest BCUT2D eigenvalue weighted by Gasteiger charge is 2.53. The fraction of sp³-hybridized carbons (Fsp3) is 0.800. The van der Waals surface area contributed by atoms with Gasteiger partial charge in [-0.25, -0.2) is 4.79 Å². The fourth-order valence-electron chi connectivity index (χ4n) is 8.63. The summed E-state index contributed by atoms with van der Waals surface area (Å²) in [6, 6.07) is -1.10. The van der Waals surface area contributed by atoms with Crippen LogP contribution in [-0.2, 0) is 23.9 Å². The minimum absolute atomic E-state index is 0.0316. The molecule has 3 heterocycles. The normalized spacial score (nSPS) is 40.9. The molecule has 2 bridgehead atoms. The number of nitrogens with zero attached hydrogens (tertiary/aromatic N) is 1. The zero-order valence-corrected chi connectivity index (χ0v) is 36.4. The Morgan fingerprint density at radius 3 is 2.24 bits per heavy atom. The first-order valence-corrected chi connectivity index (χ1v) is 21.7. The molecule has 2 saturated heterocycles. The molecule has 3 rings (SSSR count). The second kappa shape index (κ2) is 22.4. The maximum absolute atomic E-state index is 14.1. The van der Waals surface area contributed by atoms with E-state index in [-0.39, 0.29) is 56.4 Å². The lowest BCUT2D eigenvalue weighted by Crippen LogP contribution is -2.61. The molecule has 58 heavy (non-hydrogen) atoms. The van der Waals surface area contributed by atoms with Crippen molar-refractivity contribution in [3.05, 3.63) is 34.9 Å². The van der Waals surface area contributed by atoms with Gasteiger partial charge in [-0.3, -0.25) is 9.59 Å². The van der Waals surface area contributed by atoms with Crippen molar-refractivity contribution < 1.29 is 59.6 Å². The van der Waals surface area contributed by atoms with E-state index in [1.54, 1.807) is 34.6 Å². The SMILES string of the molecule is CC/C1=C\CC(/C(C)=C/C(C)C(C)O)OC(=O)C2CCCCN2C(=O)C(=O)C2(O)OC(CCC2C)CC(O)C(C)C(O)CC(O)CC(O)/C(C)=C/C(C)CC(C)C1O. The van der Waals surface area contributed by atoms with Crippen molar-refractivity contribution in [3.8, 4) is 0 Å². The number of Topliss-reactive ketones (excluding diaryl/α,β-unsaturated/α-hetero) is 1. The maximum Gasteiger partial charge on any atom is 0.329 e. The number of hydrogen-bond donors (Lipinski definition) is 7. The van der Waals surface area contributed by atoms with Crippen LogP contribution in [-0.4, -0.2) is 126 Å². The topological polar surface area (TPSA) is 215 Å². The van der Waals surface area contributed by atoms with Crippen LogP contribution in [0.25, 0.3) is 0 Å². The Labute approximate surface area is 346 Å². The molecule has 7 N–H and O–H groups in total. The van der Waals surface area contributed by atoms with Crippen LogP contribution in [0.3, 0.4) is 0 Å². The van der Waals surface area contributed by atoms with Gasteiger partial charge in [-0.2, -0.15) is 0 Å². The van der Waals surface area contributed by atoms with Crippen LogP contribution in [0.15, 0.2) is 34.9 Å². The molecule has 332 valence electrons. The number of rotatable bonds is 4. The van der Waals surface area contributed by atoms with E-state index < -0.39 is 90.2 Å². The van der Waals surface area contributed by atoms with Crippen molar-refractivity contribution in [3.63, 3.8) is 0 Å². The minimum atomic E-state index is -2.52. The molecule has 0 aromatic heterocycles. The number of carbonyl (C=O) groups excluding carboxylic acids is 3. The Hall–Kier alpha value is -2.49. The molecule has 3 aliphatic heterocycles. The molecule has 3 aliphatic rings. The summed E-state index contributed by atoms with van der Waals surface area (Å²) in [5, 5.41) is 77.5. The van der Waals surface area contributed by atoms with Gasteiger partial charge in [0.2, 0.25) is 5.79 Å². The molecule has 0 radical (unpaired) electrons. The molecule has 0 aromatic rings. The number of aliphatic hydroxyl groups is 7. The Kier molecular flexibility index (Phi) is 19.2. The van der Waals surface area contributed by atoms with E-state index in [9.17, 15) is 50.1 Å². The molecule has 0 aliphatic carbocycles. The minimum Gasteiger partial charge on any atom is -0.456 e. The number of allylic oxidation sites excluding steroid dienone is 1. The Morgan fingerprint density at radius 1 is 0.948 bits per heavy atom. The van der Waals surface area contributed by atoms with Crippen molar-refractivity contribution in [2.45, 2.75) is 194 Å². The van der Waals surface area contributed by atoms with Crippen LogP contribution >= 0.6 is 0 Å². The first-order chi connectivity index (χ1) is 27.1. The zero-order valence-electron chi connectivity index (χ0n) is 36.4. The van der Waals surface area contributed by atoms with Crippen LogP contribution in [0, 0.1) is 29.6 Å². The van der Waals surface area contributed by atoms with Gasteiger partial charge in [0, 0.05) is 37.1 Å². The maximum atomic E-state index is 14.1. The quantitative estimate of drug-likeness (QED) is 0.120. The van der Waals surface area contributed by atoms with E-state index in [1.807, 2.05) is 45.9 Å². The fourth-order valence-corrected chi connectivity index (χ4v) is 8.63. The van der Waals surface area contributed by atoms with Crippen LogP contribution in [0.1, 0.15) is 133 Å². The third-order valence-electron chi connectivity index (χ3n) is 13.0. The van der Waals surface area contributed by atoms with Crippen LogP contribution in [0.4, 0.5) is 0 Å². The number of cyclic esters (lactones) is 1. The number of carbonyl (C=O) groups is 3. The van der Waals surface area contributed by atoms with Crippen LogP contribution in [0.5, 0.6) is 0 Å². The lowest BCUT2D eigenvalue weighted by molar-refractivity contribution is -0.266. The van der Waals surface area contributed by atoms with Gasteiger partial charge in [0.15, 0.2) is 0 Å². The zero-order chi connectivity index (χ0) is 43.6.